The molecule has 3 nitrogen and oxygen atoms in total. The summed E-state index contributed by atoms with van der Waals surface area (Å²) in [7, 11) is 0. The Morgan fingerprint density at radius 3 is 2.89 bits per heavy atom. The molecule has 1 heterocycles. The minimum atomic E-state index is -0.640. The average Bonchev–Trinajstić information content (AvgIpc) is 2.81. The predicted molar refractivity (Wildman–Crippen MR) is 69.1 cm³/mol. The molecule has 1 aromatic rings. The van der Waals surface area contributed by atoms with E-state index in [1.54, 1.807) is 0 Å². The molecule has 0 radical (unpaired) electrons. The first-order valence-corrected chi connectivity index (χ1v) is 6.66. The summed E-state index contributed by atoms with van der Waals surface area (Å²) in [5.41, 5.74) is 1.69. The normalized spacial score (nSPS) is 30.8. The number of carboxylic acids is 1. The van der Waals surface area contributed by atoms with Gasteiger partial charge in [-0.25, -0.2) is 0 Å². The standard InChI is InChI=1S/C15H19NO2/c17-14(18)8-13-9-15(13)6-7-16(11-15)10-12-4-2-1-3-5-12/h1-5,13H,6-11H2,(H,17,18). The molecule has 0 amide bonds. The molecular weight excluding hydrogens is 226 g/mol. The van der Waals surface area contributed by atoms with Crippen LogP contribution in [0.5, 0.6) is 0 Å². The van der Waals surface area contributed by atoms with Gasteiger partial charge >= 0.3 is 5.97 Å². The summed E-state index contributed by atoms with van der Waals surface area (Å²) in [6, 6.07) is 10.5. The number of carboxylic acid groups (broad SMARTS) is 1. The second-order valence-corrected chi connectivity index (χ2v) is 5.81. The van der Waals surface area contributed by atoms with Gasteiger partial charge in [0, 0.05) is 19.5 Å². The highest BCUT2D eigenvalue weighted by Crippen LogP contribution is 2.60. The third kappa shape index (κ3) is 2.27. The number of nitrogens with zero attached hydrogens (tertiary/aromatic N) is 1. The van der Waals surface area contributed by atoms with Gasteiger partial charge in [0.1, 0.15) is 0 Å². The van der Waals surface area contributed by atoms with Gasteiger partial charge < -0.3 is 5.11 Å². The van der Waals surface area contributed by atoms with Crippen LogP contribution in [-0.2, 0) is 11.3 Å². The van der Waals surface area contributed by atoms with Crippen LogP contribution in [0.4, 0.5) is 0 Å². The summed E-state index contributed by atoms with van der Waals surface area (Å²) in [5, 5.41) is 8.86. The van der Waals surface area contributed by atoms with Crippen molar-refractivity contribution in [3.05, 3.63) is 35.9 Å². The van der Waals surface area contributed by atoms with E-state index < -0.39 is 5.97 Å². The van der Waals surface area contributed by atoms with Crippen LogP contribution >= 0.6 is 0 Å². The maximum atomic E-state index is 10.7. The molecule has 1 saturated carbocycles. The molecule has 96 valence electrons. The Bertz CT molecular complexity index is 445. The molecule has 1 aromatic carbocycles. The zero-order chi connectivity index (χ0) is 12.6. The molecule has 2 unspecified atom stereocenters. The van der Waals surface area contributed by atoms with Crippen LogP contribution in [-0.4, -0.2) is 29.1 Å². The molecule has 0 bridgehead atoms. The molecule has 0 aromatic heterocycles. The Morgan fingerprint density at radius 2 is 2.17 bits per heavy atom. The Balaban J connectivity index is 1.55. The maximum absolute atomic E-state index is 10.7. The van der Waals surface area contributed by atoms with Crippen molar-refractivity contribution in [1.29, 1.82) is 0 Å². The summed E-state index contributed by atoms with van der Waals surface area (Å²) in [4.78, 5) is 13.2. The average molecular weight is 245 g/mol. The SMILES string of the molecule is O=C(O)CC1CC12CCN(Cc1ccccc1)C2. The Kier molecular flexibility index (Phi) is 2.86. The van der Waals surface area contributed by atoms with Crippen LogP contribution in [0.2, 0.25) is 0 Å². The van der Waals surface area contributed by atoms with Crippen molar-refractivity contribution in [1.82, 2.24) is 4.90 Å². The van der Waals surface area contributed by atoms with Crippen LogP contribution in [0, 0.1) is 11.3 Å². The summed E-state index contributed by atoms with van der Waals surface area (Å²) >= 11 is 0. The van der Waals surface area contributed by atoms with E-state index >= 15 is 0 Å². The maximum Gasteiger partial charge on any atom is 0.303 e. The summed E-state index contributed by atoms with van der Waals surface area (Å²) < 4.78 is 0. The fraction of sp³-hybridized carbons (Fsp3) is 0.533. The van der Waals surface area contributed by atoms with Gasteiger partial charge in [0.05, 0.1) is 0 Å². The minimum absolute atomic E-state index is 0.340. The van der Waals surface area contributed by atoms with Crippen molar-refractivity contribution in [3.8, 4) is 0 Å². The van der Waals surface area contributed by atoms with Crippen molar-refractivity contribution in [2.24, 2.45) is 11.3 Å². The van der Waals surface area contributed by atoms with Gasteiger partial charge in [0.15, 0.2) is 0 Å². The number of rotatable bonds is 4. The zero-order valence-corrected chi connectivity index (χ0v) is 10.5. The zero-order valence-electron chi connectivity index (χ0n) is 10.5. The quantitative estimate of drug-likeness (QED) is 0.885. The fourth-order valence-corrected chi connectivity index (χ4v) is 3.39. The third-order valence-electron chi connectivity index (χ3n) is 4.49. The first-order chi connectivity index (χ1) is 8.68. The smallest absolute Gasteiger partial charge is 0.303 e. The monoisotopic (exact) mass is 245 g/mol. The van der Waals surface area contributed by atoms with E-state index in [1.165, 1.54) is 12.0 Å². The Labute approximate surface area is 107 Å². The molecule has 2 atom stereocenters. The highest BCUT2D eigenvalue weighted by atomic mass is 16.4. The van der Waals surface area contributed by atoms with Gasteiger partial charge in [-0.05, 0) is 36.3 Å². The molecule has 2 aliphatic rings. The van der Waals surface area contributed by atoms with Gasteiger partial charge in [-0.2, -0.15) is 0 Å². The molecule has 1 N–H and O–H groups in total. The van der Waals surface area contributed by atoms with Crippen LogP contribution in [0.25, 0.3) is 0 Å². The summed E-state index contributed by atoms with van der Waals surface area (Å²) in [6.07, 6.45) is 2.65. The van der Waals surface area contributed by atoms with E-state index in [-0.39, 0.29) is 0 Å². The molecular formula is C15H19NO2. The Morgan fingerprint density at radius 1 is 1.39 bits per heavy atom. The lowest BCUT2D eigenvalue weighted by Crippen LogP contribution is -2.21. The third-order valence-corrected chi connectivity index (χ3v) is 4.49. The van der Waals surface area contributed by atoms with Gasteiger partial charge in [-0.1, -0.05) is 30.3 Å². The second kappa shape index (κ2) is 4.39. The van der Waals surface area contributed by atoms with E-state index in [1.807, 2.05) is 6.07 Å². The number of carbonyl (C=O) groups is 1. The van der Waals surface area contributed by atoms with Crippen molar-refractivity contribution in [2.75, 3.05) is 13.1 Å². The number of benzene rings is 1. The lowest BCUT2D eigenvalue weighted by Gasteiger charge is -2.16. The van der Waals surface area contributed by atoms with E-state index in [4.69, 9.17) is 5.11 Å². The number of hydrogen-bond donors (Lipinski definition) is 1. The van der Waals surface area contributed by atoms with Crippen LogP contribution in [0.1, 0.15) is 24.8 Å². The highest BCUT2D eigenvalue weighted by molar-refractivity contribution is 5.67. The van der Waals surface area contributed by atoms with E-state index in [0.717, 1.165) is 26.1 Å². The van der Waals surface area contributed by atoms with E-state index in [2.05, 4.69) is 29.2 Å². The fourth-order valence-electron chi connectivity index (χ4n) is 3.39. The van der Waals surface area contributed by atoms with Crippen molar-refractivity contribution >= 4 is 5.97 Å². The summed E-state index contributed by atoms with van der Waals surface area (Å²) in [5.74, 6) is -0.214. The summed E-state index contributed by atoms with van der Waals surface area (Å²) in [6.45, 7) is 3.20. The van der Waals surface area contributed by atoms with Crippen LogP contribution in [0.3, 0.4) is 0 Å². The molecule has 1 aliphatic heterocycles. The lowest BCUT2D eigenvalue weighted by molar-refractivity contribution is -0.137. The topological polar surface area (TPSA) is 40.5 Å². The van der Waals surface area contributed by atoms with Crippen molar-refractivity contribution < 1.29 is 9.90 Å². The molecule has 3 heteroatoms. The Hall–Kier alpha value is -1.35. The predicted octanol–water partition coefficient (Wildman–Crippen LogP) is 2.37. The molecule has 1 spiro atoms. The molecule has 1 saturated heterocycles. The first kappa shape index (κ1) is 11.7. The van der Waals surface area contributed by atoms with Gasteiger partial charge in [-0.3, -0.25) is 9.69 Å². The first-order valence-electron chi connectivity index (χ1n) is 6.66. The van der Waals surface area contributed by atoms with Crippen molar-refractivity contribution in [3.63, 3.8) is 0 Å². The van der Waals surface area contributed by atoms with Gasteiger partial charge in [-0.15, -0.1) is 0 Å². The van der Waals surface area contributed by atoms with Crippen LogP contribution < -0.4 is 0 Å². The second-order valence-electron chi connectivity index (χ2n) is 5.81. The van der Waals surface area contributed by atoms with Crippen LogP contribution in [0.15, 0.2) is 30.3 Å². The van der Waals surface area contributed by atoms with Gasteiger partial charge in [0.25, 0.3) is 0 Å². The lowest BCUT2D eigenvalue weighted by atomic mass is 10.0. The minimum Gasteiger partial charge on any atom is -0.481 e. The molecule has 1 aliphatic carbocycles. The molecule has 2 fully saturated rings. The highest BCUT2D eigenvalue weighted by Gasteiger charge is 2.57. The molecule has 3 rings (SSSR count). The number of aliphatic carboxylic acids is 1. The van der Waals surface area contributed by atoms with Crippen molar-refractivity contribution in [2.45, 2.75) is 25.8 Å². The van der Waals surface area contributed by atoms with Gasteiger partial charge in [0.2, 0.25) is 0 Å². The van der Waals surface area contributed by atoms with E-state index in [0.29, 0.717) is 17.8 Å². The largest absolute Gasteiger partial charge is 0.481 e. The number of likely N-dealkylation sites (tertiary alicyclic amines) is 1. The van der Waals surface area contributed by atoms with E-state index in [9.17, 15) is 4.79 Å². The molecule has 18 heavy (non-hydrogen) atoms. The number of hydrogen-bond acceptors (Lipinski definition) is 2.